The minimum atomic E-state index is -0.863. The third-order valence-electron chi connectivity index (χ3n) is 3.92. The average molecular weight is 334 g/mol. The second-order valence-corrected chi connectivity index (χ2v) is 5.62. The molecule has 5 nitrogen and oxygen atoms in total. The molecule has 0 atom stereocenters. The molecule has 2 aromatic heterocycles. The lowest BCUT2D eigenvalue weighted by Gasteiger charge is -2.04. The number of carbonyl (C=O) groups is 1. The van der Waals surface area contributed by atoms with Crippen LogP contribution in [0, 0.1) is 0 Å². The van der Waals surface area contributed by atoms with Crippen molar-refractivity contribution < 1.29 is 15.0 Å². The van der Waals surface area contributed by atoms with Crippen LogP contribution in [0.3, 0.4) is 0 Å². The number of hydrogen-bond donors (Lipinski definition) is 3. The van der Waals surface area contributed by atoms with E-state index in [0.29, 0.717) is 0 Å². The highest BCUT2D eigenvalue weighted by molar-refractivity contribution is 5.95. The topological polar surface area (TPSA) is 86.2 Å². The largest absolute Gasteiger partial charge is 0.508 e. The number of nitrogens with zero attached hydrogens (tertiary/aromatic N) is 1. The van der Waals surface area contributed by atoms with E-state index in [1.165, 1.54) is 0 Å². The summed E-state index contributed by atoms with van der Waals surface area (Å²) in [4.78, 5) is 18.3. The Morgan fingerprint density at radius 3 is 2.84 bits per heavy atom. The number of rotatable bonds is 5. The van der Waals surface area contributed by atoms with Crippen molar-refractivity contribution in [2.75, 3.05) is 0 Å². The fourth-order valence-electron chi connectivity index (χ4n) is 2.71. The van der Waals surface area contributed by atoms with Gasteiger partial charge in [0.05, 0.1) is 6.42 Å². The second kappa shape index (κ2) is 7.05. The molecule has 0 spiro atoms. The monoisotopic (exact) mass is 334 g/mol. The minimum Gasteiger partial charge on any atom is -0.508 e. The number of H-pyrrole nitrogens is 1. The summed E-state index contributed by atoms with van der Waals surface area (Å²) in [7, 11) is 0. The molecule has 0 aliphatic heterocycles. The van der Waals surface area contributed by atoms with Crippen LogP contribution in [0.25, 0.3) is 27.7 Å². The van der Waals surface area contributed by atoms with Gasteiger partial charge in [-0.25, -0.2) is 4.98 Å². The Hall–Kier alpha value is -3.34. The van der Waals surface area contributed by atoms with Gasteiger partial charge in [-0.1, -0.05) is 30.4 Å². The van der Waals surface area contributed by atoms with Crippen molar-refractivity contribution in [2.45, 2.75) is 13.3 Å². The summed E-state index contributed by atoms with van der Waals surface area (Å²) in [5.41, 5.74) is 4.40. The Balaban J connectivity index is 2.03. The lowest BCUT2D eigenvalue weighted by molar-refractivity contribution is -0.136. The number of aliphatic carboxylic acids is 1. The fraction of sp³-hybridized carbons (Fsp3) is 0.100. The first-order valence-corrected chi connectivity index (χ1v) is 7.90. The van der Waals surface area contributed by atoms with E-state index in [1.54, 1.807) is 36.5 Å². The van der Waals surface area contributed by atoms with Crippen LogP contribution in [0.5, 0.6) is 5.75 Å². The van der Waals surface area contributed by atoms with Gasteiger partial charge in [0.15, 0.2) is 0 Å². The number of allylic oxidation sites excluding steroid dienone is 3. The van der Waals surface area contributed by atoms with Crippen molar-refractivity contribution >= 4 is 22.6 Å². The van der Waals surface area contributed by atoms with Gasteiger partial charge < -0.3 is 15.2 Å². The number of phenolic OH excluding ortho intramolecular Hbond substituents is 1. The Bertz CT molecular complexity index is 984. The molecular weight excluding hydrogens is 316 g/mol. The highest BCUT2D eigenvalue weighted by Crippen LogP contribution is 2.30. The molecule has 3 N–H and O–H groups in total. The lowest BCUT2D eigenvalue weighted by Crippen LogP contribution is -1.90. The van der Waals surface area contributed by atoms with Crippen molar-refractivity contribution in [3.63, 3.8) is 0 Å². The number of carboxylic acids is 1. The van der Waals surface area contributed by atoms with E-state index in [-0.39, 0.29) is 12.2 Å². The molecule has 0 aliphatic rings. The molecule has 0 radical (unpaired) electrons. The number of nitrogens with one attached hydrogen (secondary N) is 1. The Morgan fingerprint density at radius 1 is 1.28 bits per heavy atom. The van der Waals surface area contributed by atoms with Crippen LogP contribution >= 0.6 is 0 Å². The maximum absolute atomic E-state index is 10.7. The Labute approximate surface area is 145 Å². The third kappa shape index (κ3) is 3.61. The number of carboxylic acid groups (broad SMARTS) is 1. The summed E-state index contributed by atoms with van der Waals surface area (Å²) in [5, 5.41) is 19.4. The van der Waals surface area contributed by atoms with Gasteiger partial charge in [0.25, 0.3) is 0 Å². The number of aromatic amines is 1. The normalized spacial score (nSPS) is 12.1. The fourth-order valence-corrected chi connectivity index (χ4v) is 2.71. The summed E-state index contributed by atoms with van der Waals surface area (Å²) in [6.45, 7) is 1.91. The van der Waals surface area contributed by atoms with Crippen molar-refractivity contribution in [2.24, 2.45) is 0 Å². The van der Waals surface area contributed by atoms with Crippen LogP contribution in [-0.2, 0) is 4.79 Å². The molecule has 25 heavy (non-hydrogen) atoms. The van der Waals surface area contributed by atoms with Crippen molar-refractivity contribution in [1.29, 1.82) is 0 Å². The first-order chi connectivity index (χ1) is 12.1. The van der Waals surface area contributed by atoms with Gasteiger partial charge in [-0.05, 0) is 36.3 Å². The second-order valence-electron chi connectivity index (χ2n) is 5.62. The number of fused-ring (bicyclic) bond motifs is 1. The molecule has 126 valence electrons. The average Bonchev–Trinajstić information content (AvgIpc) is 3.01. The van der Waals surface area contributed by atoms with E-state index in [4.69, 9.17) is 5.11 Å². The molecule has 3 rings (SSSR count). The predicted octanol–water partition coefficient (Wildman–Crippen LogP) is 4.37. The van der Waals surface area contributed by atoms with E-state index in [1.807, 2.05) is 31.3 Å². The third-order valence-corrected chi connectivity index (χ3v) is 3.92. The standard InChI is InChI=1S/C20H18N2O3/c1-2-13(5-4-8-19(24)25)18-12-22-20-17(18)10-15(11-21-20)14-6-3-7-16(23)9-14/h2-7,9-12,23H,8H2,1H3,(H,21,22)(H,24,25)/b5-4-,13-2+. The molecule has 0 amide bonds. The molecular formula is C20H18N2O3. The minimum absolute atomic E-state index is 0.0213. The molecule has 0 saturated carbocycles. The molecule has 0 saturated heterocycles. The molecule has 0 unspecified atom stereocenters. The molecule has 2 heterocycles. The van der Waals surface area contributed by atoms with Crippen molar-refractivity contribution in [3.8, 4) is 16.9 Å². The van der Waals surface area contributed by atoms with Crippen LogP contribution in [0.15, 0.2) is 61.0 Å². The molecule has 5 heteroatoms. The van der Waals surface area contributed by atoms with Crippen molar-refractivity contribution in [1.82, 2.24) is 9.97 Å². The number of pyridine rings is 1. The van der Waals surface area contributed by atoms with E-state index >= 15 is 0 Å². The van der Waals surface area contributed by atoms with E-state index in [0.717, 1.165) is 33.3 Å². The zero-order chi connectivity index (χ0) is 17.8. The Morgan fingerprint density at radius 2 is 2.12 bits per heavy atom. The predicted molar refractivity (Wildman–Crippen MR) is 98.2 cm³/mol. The number of aromatic nitrogens is 2. The van der Waals surface area contributed by atoms with Gasteiger partial charge in [0.1, 0.15) is 11.4 Å². The first-order valence-electron chi connectivity index (χ1n) is 7.90. The summed E-state index contributed by atoms with van der Waals surface area (Å²) in [5.74, 6) is -0.656. The zero-order valence-corrected chi connectivity index (χ0v) is 13.7. The SMILES string of the molecule is C/C=C(\C=C/CC(=O)O)c1c[nH]c2ncc(-c3cccc(O)c3)cc12. The van der Waals surface area contributed by atoms with Crippen LogP contribution < -0.4 is 0 Å². The number of aromatic hydroxyl groups is 1. The maximum atomic E-state index is 10.7. The van der Waals surface area contributed by atoms with Gasteiger partial charge in [0.2, 0.25) is 0 Å². The summed E-state index contributed by atoms with van der Waals surface area (Å²) in [6.07, 6.45) is 8.96. The highest BCUT2D eigenvalue weighted by Gasteiger charge is 2.09. The van der Waals surface area contributed by atoms with E-state index < -0.39 is 5.97 Å². The molecule has 3 aromatic rings. The summed E-state index contributed by atoms with van der Waals surface area (Å²) < 4.78 is 0. The van der Waals surface area contributed by atoms with Gasteiger partial charge in [-0.2, -0.15) is 0 Å². The van der Waals surface area contributed by atoms with Crippen molar-refractivity contribution in [3.05, 3.63) is 66.5 Å². The van der Waals surface area contributed by atoms with Crippen LogP contribution in [0.4, 0.5) is 0 Å². The Kier molecular flexibility index (Phi) is 4.66. The molecule has 1 aromatic carbocycles. The first kappa shape index (κ1) is 16.5. The van der Waals surface area contributed by atoms with Crippen LogP contribution in [0.1, 0.15) is 18.9 Å². The zero-order valence-electron chi connectivity index (χ0n) is 13.7. The highest BCUT2D eigenvalue weighted by atomic mass is 16.4. The van der Waals surface area contributed by atoms with Gasteiger partial charge >= 0.3 is 5.97 Å². The van der Waals surface area contributed by atoms with Gasteiger partial charge in [0, 0.05) is 28.9 Å². The number of phenols is 1. The van der Waals surface area contributed by atoms with Gasteiger partial charge in [-0.3, -0.25) is 4.79 Å². The lowest BCUT2D eigenvalue weighted by atomic mass is 10.0. The van der Waals surface area contributed by atoms with E-state index in [2.05, 4.69) is 9.97 Å². The molecule has 0 fully saturated rings. The quantitative estimate of drug-likeness (QED) is 0.605. The summed E-state index contributed by atoms with van der Waals surface area (Å²) in [6, 6.07) is 9.04. The van der Waals surface area contributed by atoms with Crippen LogP contribution in [0.2, 0.25) is 0 Å². The smallest absolute Gasteiger partial charge is 0.307 e. The molecule has 0 bridgehead atoms. The maximum Gasteiger partial charge on any atom is 0.307 e. The molecule has 0 aliphatic carbocycles. The summed E-state index contributed by atoms with van der Waals surface area (Å²) >= 11 is 0. The van der Waals surface area contributed by atoms with Gasteiger partial charge in [-0.15, -0.1) is 0 Å². The van der Waals surface area contributed by atoms with E-state index in [9.17, 15) is 9.90 Å². The number of benzene rings is 1. The number of hydrogen-bond acceptors (Lipinski definition) is 3. The van der Waals surface area contributed by atoms with Crippen LogP contribution in [-0.4, -0.2) is 26.2 Å².